The van der Waals surface area contributed by atoms with Gasteiger partial charge in [-0.25, -0.2) is 0 Å². The molecular weight excluding hydrogens is 336 g/mol. The van der Waals surface area contributed by atoms with Crippen LogP contribution in [0.15, 0.2) is 59.6 Å². The van der Waals surface area contributed by atoms with Gasteiger partial charge >= 0.3 is 10.1 Å². The molecular formula is C14H10N4O5S. The van der Waals surface area contributed by atoms with Crippen molar-refractivity contribution in [1.82, 2.24) is 15.2 Å². The predicted molar refractivity (Wildman–Crippen MR) is 82.7 cm³/mol. The lowest BCUT2D eigenvalue weighted by molar-refractivity contribution is -0.384. The van der Waals surface area contributed by atoms with E-state index in [4.69, 9.17) is 4.18 Å². The molecule has 0 radical (unpaired) electrons. The van der Waals surface area contributed by atoms with Crippen LogP contribution in [-0.4, -0.2) is 28.5 Å². The lowest BCUT2D eigenvalue weighted by Gasteiger charge is -2.03. The third kappa shape index (κ3) is 3.22. The number of non-ortho nitro benzene ring substituents is 1. The van der Waals surface area contributed by atoms with Gasteiger partial charge in [-0.3, -0.25) is 20.2 Å². The van der Waals surface area contributed by atoms with Gasteiger partial charge in [0.15, 0.2) is 0 Å². The van der Waals surface area contributed by atoms with Crippen molar-refractivity contribution < 1.29 is 17.5 Å². The van der Waals surface area contributed by atoms with Gasteiger partial charge in [0.2, 0.25) is 0 Å². The van der Waals surface area contributed by atoms with E-state index in [1.807, 2.05) is 0 Å². The van der Waals surface area contributed by atoms with Crippen LogP contribution in [0.3, 0.4) is 0 Å². The first-order valence-corrected chi connectivity index (χ1v) is 8.02. The van der Waals surface area contributed by atoms with Gasteiger partial charge in [-0.15, -0.1) is 5.10 Å². The van der Waals surface area contributed by atoms with E-state index in [9.17, 15) is 18.5 Å². The lowest BCUT2D eigenvalue weighted by atomic mass is 10.3. The molecule has 0 fully saturated rings. The summed E-state index contributed by atoms with van der Waals surface area (Å²) in [6.07, 6.45) is 1.59. The Balaban J connectivity index is 1.82. The molecule has 122 valence electrons. The monoisotopic (exact) mass is 346 g/mol. The van der Waals surface area contributed by atoms with Crippen LogP contribution in [0.2, 0.25) is 0 Å². The zero-order chi connectivity index (χ0) is 17.2. The molecule has 2 heterocycles. The molecule has 0 saturated heterocycles. The van der Waals surface area contributed by atoms with Crippen molar-refractivity contribution in [3.05, 3.63) is 64.8 Å². The summed E-state index contributed by atoms with van der Waals surface area (Å²) in [5.74, 6) is -0.158. The number of pyridine rings is 1. The molecule has 0 aliphatic carbocycles. The molecule has 0 bridgehead atoms. The molecule has 0 atom stereocenters. The Morgan fingerprint density at radius 1 is 1.12 bits per heavy atom. The van der Waals surface area contributed by atoms with Crippen LogP contribution in [-0.2, 0) is 10.1 Å². The quantitative estimate of drug-likeness (QED) is 0.426. The van der Waals surface area contributed by atoms with Gasteiger partial charge in [-0.1, -0.05) is 6.07 Å². The molecule has 2 aromatic heterocycles. The summed E-state index contributed by atoms with van der Waals surface area (Å²) in [5, 5.41) is 17.0. The molecule has 1 aromatic carbocycles. The summed E-state index contributed by atoms with van der Waals surface area (Å²) < 4.78 is 29.3. The van der Waals surface area contributed by atoms with Gasteiger partial charge in [-0.2, -0.15) is 8.42 Å². The molecule has 0 spiro atoms. The summed E-state index contributed by atoms with van der Waals surface area (Å²) in [6, 6.07) is 11.0. The number of nitrogens with zero attached hydrogens (tertiary/aromatic N) is 3. The molecule has 3 rings (SSSR count). The zero-order valence-corrected chi connectivity index (χ0v) is 12.8. The minimum absolute atomic E-state index is 0.158. The minimum Gasteiger partial charge on any atom is -0.357 e. The smallest absolute Gasteiger partial charge is 0.340 e. The number of aromatic nitrogens is 3. The molecule has 0 saturated carbocycles. The van der Waals surface area contributed by atoms with Gasteiger partial charge in [0.05, 0.1) is 16.3 Å². The van der Waals surface area contributed by atoms with Crippen LogP contribution in [0.5, 0.6) is 5.88 Å². The Morgan fingerprint density at radius 3 is 2.50 bits per heavy atom. The maximum absolute atomic E-state index is 12.2. The molecule has 10 heteroatoms. The van der Waals surface area contributed by atoms with Crippen LogP contribution in [0.1, 0.15) is 0 Å². The lowest BCUT2D eigenvalue weighted by Crippen LogP contribution is -2.10. The van der Waals surface area contributed by atoms with Crippen LogP contribution in [0.25, 0.3) is 11.4 Å². The van der Waals surface area contributed by atoms with Gasteiger partial charge in [0, 0.05) is 24.4 Å². The van der Waals surface area contributed by atoms with E-state index in [1.54, 1.807) is 24.4 Å². The highest BCUT2D eigenvalue weighted by Crippen LogP contribution is 2.23. The SMILES string of the molecule is O=[N+]([O-])c1ccc(S(=O)(=O)Oc2cc(-c3ccccn3)[nH]n2)cc1. The molecule has 0 amide bonds. The summed E-state index contributed by atoms with van der Waals surface area (Å²) in [7, 11) is -4.15. The first-order valence-electron chi connectivity index (χ1n) is 6.61. The second-order valence-electron chi connectivity index (χ2n) is 4.62. The van der Waals surface area contributed by atoms with Crippen molar-refractivity contribution in [2.45, 2.75) is 4.90 Å². The molecule has 9 nitrogen and oxygen atoms in total. The number of nitro benzene ring substituents is 1. The Morgan fingerprint density at radius 2 is 1.88 bits per heavy atom. The molecule has 0 aliphatic rings. The van der Waals surface area contributed by atoms with E-state index in [-0.39, 0.29) is 16.5 Å². The molecule has 3 aromatic rings. The van der Waals surface area contributed by atoms with Crippen LogP contribution >= 0.6 is 0 Å². The number of benzene rings is 1. The Labute approximate surface area is 136 Å². The predicted octanol–water partition coefficient (Wildman–Crippen LogP) is 2.15. The fourth-order valence-corrected chi connectivity index (χ4v) is 2.77. The minimum atomic E-state index is -4.15. The number of H-pyrrole nitrogens is 1. The highest BCUT2D eigenvalue weighted by molar-refractivity contribution is 7.87. The van der Waals surface area contributed by atoms with Crippen LogP contribution in [0, 0.1) is 10.1 Å². The van der Waals surface area contributed by atoms with Crippen LogP contribution < -0.4 is 4.18 Å². The number of hydrogen-bond donors (Lipinski definition) is 1. The number of aromatic amines is 1. The second-order valence-corrected chi connectivity index (χ2v) is 6.17. The normalized spacial score (nSPS) is 11.2. The molecule has 0 aliphatic heterocycles. The Bertz CT molecular complexity index is 968. The number of rotatable bonds is 5. The maximum Gasteiger partial charge on any atom is 0.340 e. The first kappa shape index (κ1) is 15.6. The maximum atomic E-state index is 12.2. The fraction of sp³-hybridized carbons (Fsp3) is 0. The zero-order valence-electron chi connectivity index (χ0n) is 12.0. The van der Waals surface area contributed by atoms with Crippen molar-refractivity contribution >= 4 is 15.8 Å². The average molecular weight is 346 g/mol. The number of nitrogens with one attached hydrogen (secondary N) is 1. The highest BCUT2D eigenvalue weighted by Gasteiger charge is 2.20. The molecule has 24 heavy (non-hydrogen) atoms. The average Bonchev–Trinajstić information content (AvgIpc) is 3.03. The third-order valence-electron chi connectivity index (χ3n) is 3.03. The van der Waals surface area contributed by atoms with Crippen molar-refractivity contribution in [2.75, 3.05) is 0 Å². The van der Waals surface area contributed by atoms with Crippen molar-refractivity contribution in [3.8, 4) is 17.3 Å². The summed E-state index contributed by atoms with van der Waals surface area (Å²) in [4.78, 5) is 13.9. The van der Waals surface area contributed by atoms with Gasteiger partial charge in [0.1, 0.15) is 4.90 Å². The summed E-state index contributed by atoms with van der Waals surface area (Å²) >= 11 is 0. The van der Waals surface area contributed by atoms with E-state index in [2.05, 4.69) is 15.2 Å². The largest absolute Gasteiger partial charge is 0.357 e. The van der Waals surface area contributed by atoms with E-state index in [0.717, 1.165) is 24.3 Å². The topological polar surface area (TPSA) is 128 Å². The third-order valence-corrected chi connectivity index (χ3v) is 4.27. The van der Waals surface area contributed by atoms with E-state index < -0.39 is 15.0 Å². The van der Waals surface area contributed by atoms with Gasteiger partial charge < -0.3 is 4.18 Å². The van der Waals surface area contributed by atoms with E-state index in [1.165, 1.54) is 6.07 Å². The number of hydrogen-bond acceptors (Lipinski definition) is 7. The van der Waals surface area contributed by atoms with Crippen LogP contribution in [0.4, 0.5) is 5.69 Å². The van der Waals surface area contributed by atoms with Crippen molar-refractivity contribution in [1.29, 1.82) is 0 Å². The first-order chi connectivity index (χ1) is 11.5. The highest BCUT2D eigenvalue weighted by atomic mass is 32.2. The fourth-order valence-electron chi connectivity index (χ4n) is 1.89. The Kier molecular flexibility index (Phi) is 3.96. The molecule has 1 N–H and O–H groups in total. The van der Waals surface area contributed by atoms with E-state index >= 15 is 0 Å². The van der Waals surface area contributed by atoms with Crippen molar-refractivity contribution in [2.24, 2.45) is 0 Å². The van der Waals surface area contributed by atoms with Gasteiger partial charge in [0.25, 0.3) is 11.6 Å². The summed E-state index contributed by atoms with van der Waals surface area (Å²) in [6.45, 7) is 0. The second kappa shape index (κ2) is 6.08. The molecule has 0 unspecified atom stereocenters. The van der Waals surface area contributed by atoms with Gasteiger partial charge in [-0.05, 0) is 24.3 Å². The Hall–Kier alpha value is -3.27. The number of nitro groups is 1. The summed E-state index contributed by atoms with van der Waals surface area (Å²) in [5.41, 5.74) is 0.850. The van der Waals surface area contributed by atoms with Crippen molar-refractivity contribution in [3.63, 3.8) is 0 Å². The van der Waals surface area contributed by atoms with E-state index in [0.29, 0.717) is 11.4 Å². The standard InChI is InChI=1S/C14H10N4O5S/c19-18(20)10-4-6-11(7-5-10)24(21,22)23-14-9-13(16-17-14)12-3-1-2-8-15-12/h1-9H,(H,16,17).